The van der Waals surface area contributed by atoms with E-state index in [1.807, 2.05) is 12.1 Å². The van der Waals surface area contributed by atoms with E-state index in [-0.39, 0.29) is 6.04 Å². The Kier molecular flexibility index (Phi) is 3.87. The summed E-state index contributed by atoms with van der Waals surface area (Å²) in [5.41, 5.74) is 5.28. The first-order valence-electron chi connectivity index (χ1n) is 8.18. The van der Waals surface area contributed by atoms with E-state index in [1.165, 1.54) is 22.4 Å². The third-order valence-electron chi connectivity index (χ3n) is 5.14. The van der Waals surface area contributed by atoms with Crippen molar-refractivity contribution in [1.82, 2.24) is 0 Å². The number of halogens is 2. The molecular weight excluding hydrogens is 325 g/mol. The highest BCUT2D eigenvalue weighted by molar-refractivity contribution is 6.42. The van der Waals surface area contributed by atoms with Crippen LogP contribution in [0.5, 0.6) is 0 Å². The molecular formula is C20H19Cl2N. The first-order chi connectivity index (χ1) is 11.2. The standard InChI is InChI=1S/C20H19Cl2N/c1-2-12-6-9-19-16(10-12)14-4-3-5-15(14)20(23-19)13-7-8-17(21)18(22)11-13/h3-4,6-11,14-15,20,23H,2,5H2,1H3/t14-,15+,20-/m1/s1. The Morgan fingerprint density at radius 3 is 2.74 bits per heavy atom. The summed E-state index contributed by atoms with van der Waals surface area (Å²) in [7, 11) is 0. The molecule has 0 amide bonds. The lowest BCUT2D eigenvalue weighted by Gasteiger charge is -2.38. The van der Waals surface area contributed by atoms with E-state index >= 15 is 0 Å². The number of nitrogens with one attached hydrogen (secondary N) is 1. The van der Waals surface area contributed by atoms with Gasteiger partial charge in [0.2, 0.25) is 0 Å². The molecule has 23 heavy (non-hydrogen) atoms. The van der Waals surface area contributed by atoms with Crippen LogP contribution < -0.4 is 5.32 Å². The predicted octanol–water partition coefficient (Wildman–Crippen LogP) is 6.38. The van der Waals surface area contributed by atoms with Crippen LogP contribution >= 0.6 is 23.2 Å². The topological polar surface area (TPSA) is 12.0 Å². The summed E-state index contributed by atoms with van der Waals surface area (Å²) in [6, 6.07) is 13.1. The number of hydrogen-bond acceptors (Lipinski definition) is 1. The number of allylic oxidation sites excluding steroid dienone is 2. The van der Waals surface area contributed by atoms with E-state index in [0.29, 0.717) is 21.9 Å². The number of benzene rings is 2. The summed E-state index contributed by atoms with van der Waals surface area (Å²) in [6.45, 7) is 2.21. The highest BCUT2D eigenvalue weighted by Gasteiger charge is 2.37. The van der Waals surface area contributed by atoms with Crippen molar-refractivity contribution in [3.8, 4) is 0 Å². The maximum atomic E-state index is 6.24. The Morgan fingerprint density at radius 1 is 1.09 bits per heavy atom. The van der Waals surface area contributed by atoms with Gasteiger partial charge in [-0.15, -0.1) is 0 Å². The molecule has 2 aromatic rings. The Morgan fingerprint density at radius 2 is 1.96 bits per heavy atom. The van der Waals surface area contributed by atoms with Gasteiger partial charge in [-0.3, -0.25) is 0 Å². The van der Waals surface area contributed by atoms with Gasteiger partial charge in [0.25, 0.3) is 0 Å². The molecule has 0 spiro atoms. The van der Waals surface area contributed by atoms with Crippen LogP contribution in [0.2, 0.25) is 10.0 Å². The molecule has 0 saturated heterocycles. The van der Waals surface area contributed by atoms with Crippen LogP contribution in [0.25, 0.3) is 0 Å². The average molecular weight is 344 g/mol. The van der Waals surface area contributed by atoms with Crippen molar-refractivity contribution in [2.24, 2.45) is 5.92 Å². The van der Waals surface area contributed by atoms with Gasteiger partial charge in [-0.25, -0.2) is 0 Å². The van der Waals surface area contributed by atoms with Crippen LogP contribution in [0.15, 0.2) is 48.6 Å². The molecule has 1 heterocycles. The molecule has 0 radical (unpaired) electrons. The molecule has 1 N–H and O–H groups in total. The molecule has 0 aromatic heterocycles. The number of hydrogen-bond donors (Lipinski definition) is 1. The van der Waals surface area contributed by atoms with Gasteiger partial charge in [-0.05, 0) is 53.6 Å². The van der Waals surface area contributed by atoms with Crippen molar-refractivity contribution < 1.29 is 0 Å². The molecule has 1 aliphatic heterocycles. The SMILES string of the molecule is CCc1ccc2c(c1)[C@@H]1C=CC[C@@H]1[C@@H](c1ccc(Cl)c(Cl)c1)N2. The highest BCUT2D eigenvalue weighted by Crippen LogP contribution is 2.50. The van der Waals surface area contributed by atoms with Gasteiger partial charge in [0.1, 0.15) is 0 Å². The van der Waals surface area contributed by atoms with E-state index in [1.54, 1.807) is 0 Å². The summed E-state index contributed by atoms with van der Waals surface area (Å²) in [5, 5.41) is 4.98. The molecule has 3 atom stereocenters. The third-order valence-corrected chi connectivity index (χ3v) is 5.88. The van der Waals surface area contributed by atoms with Crippen LogP contribution in [0, 0.1) is 5.92 Å². The Labute approximate surface area is 147 Å². The number of fused-ring (bicyclic) bond motifs is 3. The molecule has 2 aromatic carbocycles. The summed E-state index contributed by atoms with van der Waals surface area (Å²) in [4.78, 5) is 0. The number of aryl methyl sites for hydroxylation is 1. The van der Waals surface area contributed by atoms with Crippen molar-refractivity contribution in [1.29, 1.82) is 0 Å². The Hall–Kier alpha value is -1.44. The average Bonchev–Trinajstić information content (AvgIpc) is 3.06. The van der Waals surface area contributed by atoms with Crippen molar-refractivity contribution in [3.05, 3.63) is 75.3 Å². The normalized spacial score (nSPS) is 24.9. The number of anilines is 1. The first-order valence-corrected chi connectivity index (χ1v) is 8.94. The maximum Gasteiger partial charge on any atom is 0.0595 e. The van der Waals surface area contributed by atoms with Crippen molar-refractivity contribution in [3.63, 3.8) is 0 Å². The third kappa shape index (κ3) is 2.56. The summed E-state index contributed by atoms with van der Waals surface area (Å²) < 4.78 is 0. The minimum atomic E-state index is 0.268. The van der Waals surface area contributed by atoms with Gasteiger partial charge in [0.05, 0.1) is 16.1 Å². The second-order valence-corrected chi connectivity index (χ2v) is 7.24. The van der Waals surface area contributed by atoms with Gasteiger partial charge >= 0.3 is 0 Å². The zero-order valence-electron chi connectivity index (χ0n) is 13.0. The monoisotopic (exact) mass is 343 g/mol. The molecule has 0 saturated carbocycles. The fourth-order valence-corrected chi connectivity index (χ4v) is 4.21. The minimum absolute atomic E-state index is 0.268. The fraction of sp³-hybridized carbons (Fsp3) is 0.300. The van der Waals surface area contributed by atoms with Gasteiger partial charge in [0, 0.05) is 11.6 Å². The lowest BCUT2D eigenvalue weighted by atomic mass is 9.76. The predicted molar refractivity (Wildman–Crippen MR) is 98.6 cm³/mol. The molecule has 3 heteroatoms. The maximum absolute atomic E-state index is 6.24. The molecule has 4 rings (SSSR count). The van der Waals surface area contributed by atoms with E-state index < -0.39 is 0 Å². The van der Waals surface area contributed by atoms with Crippen molar-refractivity contribution in [2.75, 3.05) is 5.32 Å². The van der Waals surface area contributed by atoms with E-state index in [2.05, 4.69) is 48.7 Å². The summed E-state index contributed by atoms with van der Waals surface area (Å²) in [6.07, 6.45) is 6.85. The van der Waals surface area contributed by atoms with Gasteiger partial charge < -0.3 is 5.32 Å². The van der Waals surface area contributed by atoms with Crippen molar-refractivity contribution in [2.45, 2.75) is 31.7 Å². The molecule has 0 fully saturated rings. The first kappa shape index (κ1) is 15.1. The number of rotatable bonds is 2. The lowest BCUT2D eigenvalue weighted by molar-refractivity contribution is 0.425. The smallest absolute Gasteiger partial charge is 0.0595 e. The largest absolute Gasteiger partial charge is 0.378 e. The fourth-order valence-electron chi connectivity index (χ4n) is 3.90. The van der Waals surface area contributed by atoms with Crippen LogP contribution in [-0.2, 0) is 6.42 Å². The zero-order valence-corrected chi connectivity index (χ0v) is 14.5. The van der Waals surface area contributed by atoms with E-state index in [4.69, 9.17) is 23.2 Å². The van der Waals surface area contributed by atoms with Crippen LogP contribution in [0.4, 0.5) is 5.69 Å². The molecule has 2 aliphatic rings. The quantitative estimate of drug-likeness (QED) is 0.623. The van der Waals surface area contributed by atoms with E-state index in [9.17, 15) is 0 Å². The Balaban J connectivity index is 1.77. The lowest BCUT2D eigenvalue weighted by Crippen LogP contribution is -2.29. The molecule has 0 unspecified atom stereocenters. The van der Waals surface area contributed by atoms with Crippen LogP contribution in [-0.4, -0.2) is 0 Å². The van der Waals surface area contributed by atoms with Crippen molar-refractivity contribution >= 4 is 28.9 Å². The summed E-state index contributed by atoms with van der Waals surface area (Å²) in [5.74, 6) is 1.02. The molecule has 1 aliphatic carbocycles. The Bertz CT molecular complexity index is 781. The van der Waals surface area contributed by atoms with E-state index in [0.717, 1.165) is 12.8 Å². The van der Waals surface area contributed by atoms with Gasteiger partial charge in [-0.2, -0.15) is 0 Å². The van der Waals surface area contributed by atoms with Gasteiger partial charge in [-0.1, -0.05) is 60.5 Å². The highest BCUT2D eigenvalue weighted by atomic mass is 35.5. The summed E-state index contributed by atoms with van der Waals surface area (Å²) >= 11 is 12.3. The molecule has 1 nitrogen and oxygen atoms in total. The molecule has 118 valence electrons. The minimum Gasteiger partial charge on any atom is -0.378 e. The van der Waals surface area contributed by atoms with Crippen LogP contribution in [0.1, 0.15) is 42.0 Å². The van der Waals surface area contributed by atoms with Crippen LogP contribution in [0.3, 0.4) is 0 Å². The zero-order chi connectivity index (χ0) is 16.0. The van der Waals surface area contributed by atoms with Gasteiger partial charge in [0.15, 0.2) is 0 Å². The second-order valence-electron chi connectivity index (χ2n) is 6.42. The second kappa shape index (κ2) is 5.89. The molecule has 0 bridgehead atoms.